The quantitative estimate of drug-likeness (QED) is 0.482. The van der Waals surface area contributed by atoms with Crippen LogP contribution in [0.15, 0.2) is 24.3 Å². The van der Waals surface area contributed by atoms with Gasteiger partial charge in [-0.3, -0.25) is 24.1 Å². The number of imide groups is 1. The molecule has 2 aliphatic rings. The van der Waals surface area contributed by atoms with E-state index in [9.17, 15) is 19.2 Å². The molecule has 7 heteroatoms. The summed E-state index contributed by atoms with van der Waals surface area (Å²) in [7, 11) is 0. The lowest BCUT2D eigenvalue weighted by atomic mass is 9.81. The Balaban J connectivity index is 1.32. The van der Waals surface area contributed by atoms with Crippen LogP contribution in [0.3, 0.4) is 0 Å². The molecule has 0 aromatic heterocycles. The van der Waals surface area contributed by atoms with Crippen LogP contribution in [0.4, 0.5) is 0 Å². The SMILES string of the molecule is CC(C)c1ccc(CCNC(=O)COC(=O)CCN2C(=O)[C@H]3CCCC[C@H]3C2=O)cc1. The molecule has 2 fully saturated rings. The molecule has 1 aliphatic carbocycles. The highest BCUT2D eigenvalue weighted by Crippen LogP contribution is 2.37. The zero-order valence-corrected chi connectivity index (χ0v) is 18.4. The third kappa shape index (κ3) is 5.93. The number of nitrogens with zero attached hydrogens (tertiary/aromatic N) is 1. The van der Waals surface area contributed by atoms with Crippen molar-refractivity contribution in [2.24, 2.45) is 11.8 Å². The Bertz CT molecular complexity index is 794. The van der Waals surface area contributed by atoms with E-state index in [0.717, 1.165) is 31.2 Å². The number of rotatable bonds is 9. The fourth-order valence-electron chi connectivity index (χ4n) is 4.34. The highest BCUT2D eigenvalue weighted by Gasteiger charge is 2.47. The van der Waals surface area contributed by atoms with Crippen LogP contribution in [0.2, 0.25) is 0 Å². The van der Waals surface area contributed by atoms with Crippen molar-refractivity contribution in [2.45, 2.75) is 58.3 Å². The molecule has 1 saturated heterocycles. The fourth-order valence-corrected chi connectivity index (χ4v) is 4.34. The van der Waals surface area contributed by atoms with E-state index in [2.05, 4.69) is 43.4 Å². The Kier molecular flexibility index (Phi) is 7.82. The molecule has 168 valence electrons. The van der Waals surface area contributed by atoms with E-state index in [1.807, 2.05) is 0 Å². The number of fused-ring (bicyclic) bond motifs is 1. The first-order valence-corrected chi connectivity index (χ1v) is 11.2. The van der Waals surface area contributed by atoms with E-state index < -0.39 is 5.97 Å². The van der Waals surface area contributed by atoms with Gasteiger partial charge in [-0.05, 0) is 36.3 Å². The normalized spacial score (nSPS) is 20.7. The average molecular weight is 429 g/mol. The highest BCUT2D eigenvalue weighted by molar-refractivity contribution is 6.05. The minimum Gasteiger partial charge on any atom is -0.456 e. The van der Waals surface area contributed by atoms with Crippen LogP contribution in [-0.4, -0.2) is 48.3 Å². The van der Waals surface area contributed by atoms with Crippen molar-refractivity contribution in [1.82, 2.24) is 10.2 Å². The number of esters is 1. The van der Waals surface area contributed by atoms with Crippen molar-refractivity contribution in [3.8, 4) is 0 Å². The van der Waals surface area contributed by atoms with Gasteiger partial charge in [0.05, 0.1) is 18.3 Å². The second-order valence-electron chi connectivity index (χ2n) is 8.73. The summed E-state index contributed by atoms with van der Waals surface area (Å²) in [4.78, 5) is 49.9. The summed E-state index contributed by atoms with van der Waals surface area (Å²) in [6, 6.07) is 8.29. The van der Waals surface area contributed by atoms with Gasteiger partial charge in [-0.15, -0.1) is 0 Å². The first kappa shape index (κ1) is 23.0. The lowest BCUT2D eigenvalue weighted by Crippen LogP contribution is -2.34. The van der Waals surface area contributed by atoms with Crippen molar-refractivity contribution in [1.29, 1.82) is 0 Å². The highest BCUT2D eigenvalue weighted by atomic mass is 16.5. The largest absolute Gasteiger partial charge is 0.456 e. The maximum Gasteiger partial charge on any atom is 0.308 e. The number of ether oxygens (including phenoxy) is 1. The molecule has 1 heterocycles. The Morgan fingerprint density at radius 3 is 2.26 bits per heavy atom. The molecule has 1 aliphatic heterocycles. The van der Waals surface area contributed by atoms with Crippen molar-refractivity contribution >= 4 is 23.7 Å². The van der Waals surface area contributed by atoms with Crippen LogP contribution < -0.4 is 5.32 Å². The maximum atomic E-state index is 12.4. The van der Waals surface area contributed by atoms with Crippen LogP contribution in [0.1, 0.15) is 63.0 Å². The monoisotopic (exact) mass is 428 g/mol. The van der Waals surface area contributed by atoms with Gasteiger partial charge in [0.1, 0.15) is 0 Å². The zero-order chi connectivity index (χ0) is 22.4. The van der Waals surface area contributed by atoms with Crippen molar-refractivity contribution < 1.29 is 23.9 Å². The molecule has 1 saturated carbocycles. The number of benzene rings is 1. The second-order valence-corrected chi connectivity index (χ2v) is 8.73. The molecule has 0 radical (unpaired) electrons. The predicted molar refractivity (Wildman–Crippen MR) is 115 cm³/mol. The molecule has 3 rings (SSSR count). The second kappa shape index (κ2) is 10.6. The lowest BCUT2D eigenvalue weighted by Gasteiger charge is -2.19. The predicted octanol–water partition coefficient (Wildman–Crippen LogP) is 2.58. The van der Waals surface area contributed by atoms with Gasteiger partial charge in [0.2, 0.25) is 11.8 Å². The van der Waals surface area contributed by atoms with E-state index in [1.54, 1.807) is 0 Å². The average Bonchev–Trinajstić information content (AvgIpc) is 3.01. The van der Waals surface area contributed by atoms with Gasteiger partial charge < -0.3 is 10.1 Å². The van der Waals surface area contributed by atoms with Crippen LogP contribution in [0.25, 0.3) is 0 Å². The van der Waals surface area contributed by atoms with Gasteiger partial charge >= 0.3 is 5.97 Å². The van der Waals surface area contributed by atoms with Gasteiger partial charge in [-0.25, -0.2) is 0 Å². The smallest absolute Gasteiger partial charge is 0.308 e. The first-order valence-electron chi connectivity index (χ1n) is 11.2. The van der Waals surface area contributed by atoms with E-state index >= 15 is 0 Å². The zero-order valence-electron chi connectivity index (χ0n) is 18.4. The third-order valence-corrected chi connectivity index (χ3v) is 6.22. The number of carbonyl (C=O) groups is 4. The number of likely N-dealkylation sites (tertiary alicyclic amines) is 1. The fraction of sp³-hybridized carbons (Fsp3) is 0.583. The molecule has 1 aromatic carbocycles. The minimum atomic E-state index is -0.588. The van der Waals surface area contributed by atoms with E-state index in [4.69, 9.17) is 4.74 Å². The van der Waals surface area contributed by atoms with Crippen LogP contribution >= 0.6 is 0 Å². The summed E-state index contributed by atoms with van der Waals surface area (Å²) < 4.78 is 5.00. The number of amides is 3. The molecule has 1 aromatic rings. The number of hydrogen-bond acceptors (Lipinski definition) is 5. The maximum absolute atomic E-state index is 12.4. The Labute approximate surface area is 183 Å². The Morgan fingerprint density at radius 1 is 1.06 bits per heavy atom. The summed E-state index contributed by atoms with van der Waals surface area (Å²) in [5, 5.41) is 2.73. The van der Waals surface area contributed by atoms with Crippen molar-refractivity contribution in [3.05, 3.63) is 35.4 Å². The van der Waals surface area contributed by atoms with Gasteiger partial charge in [-0.2, -0.15) is 0 Å². The molecule has 0 unspecified atom stereocenters. The summed E-state index contributed by atoms with van der Waals surface area (Å²) in [6.07, 6.45) is 4.03. The molecule has 2 atom stereocenters. The number of hydrogen-bond donors (Lipinski definition) is 1. The van der Waals surface area contributed by atoms with Gasteiger partial charge in [0.25, 0.3) is 5.91 Å². The Hall–Kier alpha value is -2.70. The van der Waals surface area contributed by atoms with Gasteiger partial charge in [0, 0.05) is 13.1 Å². The van der Waals surface area contributed by atoms with Crippen LogP contribution in [-0.2, 0) is 30.3 Å². The molecule has 31 heavy (non-hydrogen) atoms. The molecular weight excluding hydrogens is 396 g/mol. The van der Waals surface area contributed by atoms with Crippen LogP contribution in [0, 0.1) is 11.8 Å². The summed E-state index contributed by atoms with van der Waals surface area (Å²) in [5.41, 5.74) is 2.40. The molecule has 1 N–H and O–H groups in total. The molecule has 7 nitrogen and oxygen atoms in total. The van der Waals surface area contributed by atoms with E-state index in [0.29, 0.717) is 18.9 Å². The molecule has 0 bridgehead atoms. The van der Waals surface area contributed by atoms with Crippen molar-refractivity contribution in [3.63, 3.8) is 0 Å². The van der Waals surface area contributed by atoms with E-state index in [-0.39, 0.29) is 49.1 Å². The minimum absolute atomic E-state index is 0.0253. The van der Waals surface area contributed by atoms with Crippen molar-refractivity contribution in [2.75, 3.05) is 19.7 Å². The summed E-state index contributed by atoms with van der Waals surface area (Å²) in [5.74, 6) is -1.24. The molecule has 3 amide bonds. The topological polar surface area (TPSA) is 92.8 Å². The summed E-state index contributed by atoms with van der Waals surface area (Å²) >= 11 is 0. The molecule has 0 spiro atoms. The number of carbonyl (C=O) groups excluding carboxylic acids is 4. The van der Waals surface area contributed by atoms with Gasteiger partial charge in [0.15, 0.2) is 6.61 Å². The standard InChI is InChI=1S/C24H32N2O5/c1-16(2)18-9-7-17(8-10-18)11-13-25-21(27)15-31-22(28)12-14-26-23(29)19-5-3-4-6-20(19)24(26)30/h7-10,16,19-20H,3-6,11-15H2,1-2H3,(H,25,27)/t19-,20+. The van der Waals surface area contributed by atoms with Crippen LogP contribution in [0.5, 0.6) is 0 Å². The third-order valence-electron chi connectivity index (χ3n) is 6.22. The lowest BCUT2D eigenvalue weighted by molar-refractivity contribution is -0.149. The molecular formula is C24H32N2O5. The number of nitrogens with one attached hydrogen (secondary N) is 1. The first-order chi connectivity index (χ1) is 14.9. The van der Waals surface area contributed by atoms with E-state index in [1.165, 1.54) is 10.5 Å². The summed E-state index contributed by atoms with van der Waals surface area (Å²) in [6.45, 7) is 4.40. The Morgan fingerprint density at radius 2 is 1.68 bits per heavy atom. The van der Waals surface area contributed by atoms with Gasteiger partial charge in [-0.1, -0.05) is 51.0 Å².